The number of nitrogens with zero attached hydrogens (tertiary/aromatic N) is 2. The highest BCUT2D eigenvalue weighted by atomic mass is 16.1. The van der Waals surface area contributed by atoms with Crippen LogP contribution in [0.25, 0.3) is 0 Å². The molecule has 0 unspecified atom stereocenters. The molecule has 1 fully saturated rings. The first-order valence-electron chi connectivity index (χ1n) is 5.68. The molecule has 0 aromatic carbocycles. The van der Waals surface area contributed by atoms with Crippen LogP contribution in [-0.2, 0) is 0 Å². The predicted molar refractivity (Wildman–Crippen MR) is 61.0 cm³/mol. The minimum atomic E-state index is -0.455. The van der Waals surface area contributed by atoms with Gasteiger partial charge >= 0.3 is 0 Å². The van der Waals surface area contributed by atoms with Crippen LogP contribution >= 0.6 is 0 Å². The molecule has 1 aliphatic rings. The molecule has 0 bridgehead atoms. The Bertz CT molecular complexity index is 391. The van der Waals surface area contributed by atoms with E-state index in [9.17, 15) is 4.79 Å². The van der Waals surface area contributed by atoms with Crippen LogP contribution in [0.4, 0.5) is 0 Å². The van der Waals surface area contributed by atoms with Crippen LogP contribution in [0.3, 0.4) is 0 Å². The van der Waals surface area contributed by atoms with E-state index >= 15 is 0 Å². The smallest absolute Gasteiger partial charge is 0.269 e. The number of carbonyl (C=O) groups excluding carboxylic acids is 1. The molecule has 16 heavy (non-hydrogen) atoms. The molecule has 88 valence electrons. The highest BCUT2D eigenvalue weighted by Gasteiger charge is 2.22. The normalized spacial score (nSPS) is 25.6. The van der Waals surface area contributed by atoms with Crippen molar-refractivity contribution in [1.82, 2.24) is 9.55 Å². The van der Waals surface area contributed by atoms with E-state index in [1.54, 1.807) is 6.33 Å². The first-order valence-corrected chi connectivity index (χ1v) is 5.68. The Morgan fingerprint density at radius 3 is 2.56 bits per heavy atom. The molecule has 5 nitrogen and oxygen atoms in total. The van der Waals surface area contributed by atoms with Crippen LogP contribution in [-0.4, -0.2) is 21.5 Å². The van der Waals surface area contributed by atoms with Gasteiger partial charge in [0, 0.05) is 17.8 Å². The Labute approximate surface area is 94.8 Å². The molecule has 5 heteroatoms. The van der Waals surface area contributed by atoms with Gasteiger partial charge in [-0.05, 0) is 32.6 Å². The number of nitrogens with two attached hydrogens (primary N) is 2. The van der Waals surface area contributed by atoms with Crippen molar-refractivity contribution < 1.29 is 4.79 Å². The Morgan fingerprint density at radius 1 is 1.44 bits per heavy atom. The first-order chi connectivity index (χ1) is 7.59. The number of primary amides is 1. The van der Waals surface area contributed by atoms with Crippen LogP contribution in [0.15, 0.2) is 6.33 Å². The molecule has 0 saturated heterocycles. The number of rotatable bonds is 2. The Hall–Kier alpha value is -1.36. The maximum Gasteiger partial charge on any atom is 0.269 e. The van der Waals surface area contributed by atoms with Crippen molar-refractivity contribution in [1.29, 1.82) is 0 Å². The van der Waals surface area contributed by atoms with Crippen LogP contribution in [0.5, 0.6) is 0 Å². The number of carbonyl (C=O) groups is 1. The Morgan fingerprint density at radius 2 is 2.06 bits per heavy atom. The fraction of sp³-hybridized carbons (Fsp3) is 0.636. The van der Waals surface area contributed by atoms with Crippen molar-refractivity contribution in [2.24, 2.45) is 11.5 Å². The molecule has 0 radical (unpaired) electrons. The highest BCUT2D eigenvalue weighted by Crippen LogP contribution is 2.29. The molecule has 4 N–H and O–H groups in total. The number of aromatic nitrogens is 2. The third-order valence-corrected chi connectivity index (χ3v) is 3.41. The van der Waals surface area contributed by atoms with Crippen molar-refractivity contribution in [3.8, 4) is 0 Å². The standard InChI is InChI=1S/C11H18N4O/c1-7-10(11(13)16)14-6-15(7)9-4-2-8(12)3-5-9/h6,8-9H,2-5,12H2,1H3,(H2,13,16). The maximum atomic E-state index is 11.1. The van der Waals surface area contributed by atoms with Crippen LogP contribution in [0.1, 0.15) is 47.9 Å². The molecule has 1 saturated carbocycles. The average molecular weight is 222 g/mol. The van der Waals surface area contributed by atoms with E-state index in [0.29, 0.717) is 17.8 Å². The second-order valence-electron chi connectivity index (χ2n) is 4.52. The zero-order valence-electron chi connectivity index (χ0n) is 9.52. The number of imidazole rings is 1. The lowest BCUT2D eigenvalue weighted by molar-refractivity contribution is 0.0995. The summed E-state index contributed by atoms with van der Waals surface area (Å²) >= 11 is 0. The molecule has 1 aromatic rings. The second kappa shape index (κ2) is 4.25. The van der Waals surface area contributed by atoms with Gasteiger partial charge in [-0.15, -0.1) is 0 Å². The summed E-state index contributed by atoms with van der Waals surface area (Å²) in [4.78, 5) is 15.2. The predicted octanol–water partition coefficient (Wildman–Crippen LogP) is 0.733. The summed E-state index contributed by atoms with van der Waals surface area (Å²) in [5.74, 6) is -0.455. The lowest BCUT2D eigenvalue weighted by atomic mass is 9.91. The summed E-state index contributed by atoms with van der Waals surface area (Å²) in [5, 5.41) is 0. The quantitative estimate of drug-likeness (QED) is 0.773. The van der Waals surface area contributed by atoms with E-state index in [1.807, 2.05) is 6.92 Å². The molecule has 0 atom stereocenters. The minimum Gasteiger partial charge on any atom is -0.364 e. The fourth-order valence-electron chi connectivity index (χ4n) is 2.41. The number of amides is 1. The van der Waals surface area contributed by atoms with Crippen molar-refractivity contribution in [3.05, 3.63) is 17.7 Å². The minimum absolute atomic E-state index is 0.329. The second-order valence-corrected chi connectivity index (χ2v) is 4.52. The van der Waals surface area contributed by atoms with Crippen molar-refractivity contribution in [2.45, 2.75) is 44.7 Å². The number of hydrogen-bond acceptors (Lipinski definition) is 3. The van der Waals surface area contributed by atoms with Crippen LogP contribution in [0, 0.1) is 6.92 Å². The summed E-state index contributed by atoms with van der Waals surface area (Å²) in [7, 11) is 0. The van der Waals surface area contributed by atoms with Gasteiger partial charge in [-0.2, -0.15) is 0 Å². The van der Waals surface area contributed by atoms with Gasteiger partial charge < -0.3 is 16.0 Å². The molecule has 1 heterocycles. The van der Waals surface area contributed by atoms with Crippen molar-refractivity contribution in [3.63, 3.8) is 0 Å². The SMILES string of the molecule is Cc1c(C(N)=O)ncn1C1CCC(N)CC1. The molecular weight excluding hydrogens is 204 g/mol. The summed E-state index contributed by atoms with van der Waals surface area (Å²) < 4.78 is 2.06. The average Bonchev–Trinajstić information content (AvgIpc) is 2.61. The Balaban J connectivity index is 2.18. The highest BCUT2D eigenvalue weighted by molar-refractivity contribution is 5.91. The molecular formula is C11H18N4O. The zero-order chi connectivity index (χ0) is 11.7. The van der Waals surface area contributed by atoms with E-state index in [4.69, 9.17) is 11.5 Å². The zero-order valence-corrected chi connectivity index (χ0v) is 9.52. The first kappa shape index (κ1) is 11.1. The van der Waals surface area contributed by atoms with Gasteiger partial charge in [0.15, 0.2) is 0 Å². The number of hydrogen-bond donors (Lipinski definition) is 2. The van der Waals surface area contributed by atoms with Gasteiger partial charge in [0.2, 0.25) is 0 Å². The lowest BCUT2D eigenvalue weighted by Crippen LogP contribution is -2.28. The molecule has 0 aliphatic heterocycles. The van der Waals surface area contributed by atoms with E-state index in [-0.39, 0.29) is 0 Å². The topological polar surface area (TPSA) is 86.9 Å². The monoisotopic (exact) mass is 222 g/mol. The Kier molecular flexibility index (Phi) is 2.96. The van der Waals surface area contributed by atoms with Gasteiger partial charge in [0.05, 0.1) is 6.33 Å². The molecule has 2 rings (SSSR count). The van der Waals surface area contributed by atoms with Gasteiger partial charge in [-0.3, -0.25) is 4.79 Å². The molecule has 0 spiro atoms. The summed E-state index contributed by atoms with van der Waals surface area (Å²) in [6.45, 7) is 1.89. The van der Waals surface area contributed by atoms with Gasteiger partial charge in [0.25, 0.3) is 5.91 Å². The fourth-order valence-corrected chi connectivity index (χ4v) is 2.41. The third kappa shape index (κ3) is 1.95. The largest absolute Gasteiger partial charge is 0.364 e. The van der Waals surface area contributed by atoms with E-state index in [2.05, 4.69) is 9.55 Å². The molecule has 1 aromatic heterocycles. The van der Waals surface area contributed by atoms with Crippen LogP contribution in [0.2, 0.25) is 0 Å². The van der Waals surface area contributed by atoms with E-state index < -0.39 is 5.91 Å². The third-order valence-electron chi connectivity index (χ3n) is 3.41. The van der Waals surface area contributed by atoms with Crippen molar-refractivity contribution in [2.75, 3.05) is 0 Å². The van der Waals surface area contributed by atoms with E-state index in [1.165, 1.54) is 0 Å². The summed E-state index contributed by atoms with van der Waals surface area (Å²) in [6, 6.07) is 0.746. The molecule has 1 amide bonds. The summed E-state index contributed by atoms with van der Waals surface area (Å²) in [6.07, 6.45) is 5.90. The van der Waals surface area contributed by atoms with Crippen LogP contribution < -0.4 is 11.5 Å². The molecule has 1 aliphatic carbocycles. The lowest BCUT2D eigenvalue weighted by Gasteiger charge is -2.27. The van der Waals surface area contributed by atoms with Gasteiger partial charge in [0.1, 0.15) is 5.69 Å². The van der Waals surface area contributed by atoms with E-state index in [0.717, 1.165) is 31.4 Å². The maximum absolute atomic E-state index is 11.1. The van der Waals surface area contributed by atoms with Gasteiger partial charge in [-0.1, -0.05) is 0 Å². The van der Waals surface area contributed by atoms with Gasteiger partial charge in [-0.25, -0.2) is 4.98 Å². The summed E-state index contributed by atoms with van der Waals surface area (Å²) in [5.41, 5.74) is 12.4. The van der Waals surface area contributed by atoms with Crippen molar-refractivity contribution >= 4 is 5.91 Å².